The molecule has 0 saturated carbocycles. The lowest BCUT2D eigenvalue weighted by atomic mass is 9.90. The van der Waals surface area contributed by atoms with E-state index in [2.05, 4.69) is 112 Å². The summed E-state index contributed by atoms with van der Waals surface area (Å²) in [6, 6.07) is 5.54. The molecule has 0 aliphatic rings. The Labute approximate surface area is 361 Å². The maximum absolute atomic E-state index is 9.18. The van der Waals surface area contributed by atoms with Crippen molar-refractivity contribution in [2.45, 2.75) is 211 Å². The minimum atomic E-state index is -1.19. The number of hydrogen-bond donors (Lipinski definition) is 1. The number of aliphatic hydroxyl groups is 1. The molecule has 0 aromatic heterocycles. The Balaban J connectivity index is -0.000000846. The van der Waals surface area contributed by atoms with E-state index >= 15 is 0 Å². The highest BCUT2D eigenvalue weighted by Crippen LogP contribution is 2.49. The lowest BCUT2D eigenvalue weighted by Gasteiger charge is -2.37. The molecule has 0 bridgehead atoms. The zero-order valence-corrected chi connectivity index (χ0v) is 42.0. The number of rotatable bonds is 34. The molecule has 0 aromatic carbocycles. The van der Waals surface area contributed by atoms with Crippen LogP contribution in [0.4, 0.5) is 0 Å². The van der Waals surface area contributed by atoms with E-state index in [1.165, 1.54) is 51.4 Å². The van der Waals surface area contributed by atoms with Crippen LogP contribution in [-0.2, 0) is 23.0 Å². The zero-order valence-electron chi connectivity index (χ0n) is 39.4. The summed E-state index contributed by atoms with van der Waals surface area (Å²) in [4.78, 5) is 0. The largest absolute Gasteiger partial charge is 0.396 e. The van der Waals surface area contributed by atoms with Gasteiger partial charge in [0.25, 0.3) is 8.53 Å². The van der Waals surface area contributed by atoms with Crippen molar-refractivity contribution >= 4 is 27.4 Å². The molecule has 0 spiro atoms. The van der Waals surface area contributed by atoms with Crippen molar-refractivity contribution in [1.82, 2.24) is 9.34 Å². The Kier molecular flexibility index (Phi) is 42.8. The van der Waals surface area contributed by atoms with E-state index in [-0.39, 0.29) is 17.4 Å². The first-order valence-corrected chi connectivity index (χ1v) is 25.5. The lowest BCUT2D eigenvalue weighted by molar-refractivity contribution is 0.0137. The van der Waals surface area contributed by atoms with Gasteiger partial charge in [0, 0.05) is 48.2 Å². The number of halogens is 1. The van der Waals surface area contributed by atoms with Gasteiger partial charge < -0.3 is 28.2 Å². The second-order valence-corrected chi connectivity index (χ2v) is 20.3. The number of unbranched alkanes of at least 4 members (excludes halogenated alkanes) is 8. The SMILES string of the molecule is CC(C)N(C(C)C)P(Cl)OCCC#N.CCCCCCCOCC(C)(CC)CO.CCCCCCCOCC(C)(CC)COP(OCCC#N)N(C(C)C)C(C)C. The van der Waals surface area contributed by atoms with Gasteiger partial charge in [-0.1, -0.05) is 92.9 Å². The van der Waals surface area contributed by atoms with Gasteiger partial charge in [-0.05, 0) is 92.3 Å². The normalized spacial score (nSPS) is 14.8. The molecule has 0 fully saturated rings. The molecule has 0 aromatic rings. The van der Waals surface area contributed by atoms with Gasteiger partial charge in [-0.25, -0.2) is 9.34 Å². The first-order chi connectivity index (χ1) is 27.0. The van der Waals surface area contributed by atoms with Crippen LogP contribution in [0.2, 0.25) is 0 Å². The molecule has 4 unspecified atom stereocenters. The van der Waals surface area contributed by atoms with Gasteiger partial charge >= 0.3 is 0 Å². The molecular weight excluding hydrogens is 778 g/mol. The summed E-state index contributed by atoms with van der Waals surface area (Å²) in [7, 11) is -2.27. The fourth-order valence-corrected chi connectivity index (χ4v) is 9.60. The van der Waals surface area contributed by atoms with Crippen molar-refractivity contribution in [2.75, 3.05) is 52.9 Å². The Morgan fingerprint density at radius 2 is 0.965 bits per heavy atom. The van der Waals surface area contributed by atoms with Crippen molar-refractivity contribution in [3.63, 3.8) is 0 Å². The second-order valence-electron chi connectivity index (χ2n) is 16.8. The van der Waals surface area contributed by atoms with Gasteiger partial charge in [0.05, 0.1) is 64.6 Å². The summed E-state index contributed by atoms with van der Waals surface area (Å²) in [5.74, 6) is 0. The minimum Gasteiger partial charge on any atom is -0.396 e. The summed E-state index contributed by atoms with van der Waals surface area (Å²) >= 11 is 6.13. The molecule has 1 N–H and O–H groups in total. The van der Waals surface area contributed by atoms with Gasteiger partial charge in [0.1, 0.15) is 0 Å². The van der Waals surface area contributed by atoms with Crippen LogP contribution in [0.1, 0.15) is 187 Å². The van der Waals surface area contributed by atoms with Crippen LogP contribution in [0, 0.1) is 33.5 Å². The summed E-state index contributed by atoms with van der Waals surface area (Å²) in [5, 5.41) is 26.4. The predicted molar refractivity (Wildman–Crippen MR) is 245 cm³/mol. The smallest absolute Gasteiger partial charge is 0.259 e. The second kappa shape index (κ2) is 39.9. The maximum atomic E-state index is 9.18. The van der Waals surface area contributed by atoms with Gasteiger partial charge in [-0.2, -0.15) is 10.5 Å². The summed E-state index contributed by atoms with van der Waals surface area (Å²) in [6.07, 6.45) is 15.4. The molecule has 0 heterocycles. The van der Waals surface area contributed by atoms with Crippen LogP contribution in [0.15, 0.2) is 0 Å². The molecule has 57 heavy (non-hydrogen) atoms. The van der Waals surface area contributed by atoms with E-state index in [1.54, 1.807) is 0 Å². The molecular formula is C44H91ClN4O6P2. The van der Waals surface area contributed by atoms with Crippen LogP contribution in [0.3, 0.4) is 0 Å². The first-order valence-electron chi connectivity index (χ1n) is 22.2. The van der Waals surface area contributed by atoms with Gasteiger partial charge in [0.15, 0.2) is 0 Å². The molecule has 0 saturated heterocycles. The highest BCUT2D eigenvalue weighted by atomic mass is 35.7. The Bertz CT molecular complexity index is 952. The number of nitriles is 2. The first kappa shape index (κ1) is 61.1. The fourth-order valence-electron chi connectivity index (χ4n) is 5.47. The predicted octanol–water partition coefficient (Wildman–Crippen LogP) is 13.6. The fraction of sp³-hybridized carbons (Fsp3) is 0.955. The average Bonchev–Trinajstić information content (AvgIpc) is 3.16. The van der Waals surface area contributed by atoms with Crippen molar-refractivity contribution in [3.8, 4) is 12.1 Å². The third-order valence-electron chi connectivity index (χ3n) is 9.61. The van der Waals surface area contributed by atoms with E-state index in [0.717, 1.165) is 38.9 Å². The highest BCUT2D eigenvalue weighted by Gasteiger charge is 2.31. The number of aliphatic hydroxyl groups excluding tert-OH is 1. The van der Waals surface area contributed by atoms with Crippen molar-refractivity contribution < 1.29 is 28.2 Å². The third kappa shape index (κ3) is 34.1. The van der Waals surface area contributed by atoms with Crippen LogP contribution in [0.25, 0.3) is 0 Å². The number of ether oxygens (including phenoxy) is 2. The molecule has 4 atom stereocenters. The average molecular weight is 870 g/mol. The lowest BCUT2D eigenvalue weighted by Crippen LogP contribution is -2.35. The monoisotopic (exact) mass is 869 g/mol. The van der Waals surface area contributed by atoms with Crippen molar-refractivity contribution in [3.05, 3.63) is 0 Å². The molecule has 0 aliphatic carbocycles. The van der Waals surface area contributed by atoms with E-state index in [1.807, 2.05) is 6.07 Å². The topological polar surface area (TPSA) is 120 Å². The van der Waals surface area contributed by atoms with Crippen LogP contribution < -0.4 is 0 Å². The summed E-state index contributed by atoms with van der Waals surface area (Å²) in [6.45, 7) is 34.8. The molecule has 0 radical (unpaired) electrons. The number of nitrogens with zero attached hydrogens (tertiary/aromatic N) is 4. The Hall–Kier alpha value is -0.190. The molecule has 0 aliphatic heterocycles. The van der Waals surface area contributed by atoms with E-state index in [0.29, 0.717) is 70.0 Å². The van der Waals surface area contributed by atoms with Crippen LogP contribution in [0.5, 0.6) is 0 Å². The molecule has 340 valence electrons. The van der Waals surface area contributed by atoms with Crippen LogP contribution >= 0.6 is 27.4 Å². The quantitative estimate of drug-likeness (QED) is 0.0494. The summed E-state index contributed by atoms with van der Waals surface area (Å²) in [5.41, 5.74) is -0.0639. The van der Waals surface area contributed by atoms with Gasteiger partial charge in [-0.3, -0.25) is 0 Å². The number of hydrogen-bond acceptors (Lipinski definition) is 10. The highest BCUT2D eigenvalue weighted by molar-refractivity contribution is 7.78. The maximum Gasteiger partial charge on any atom is 0.259 e. The summed E-state index contributed by atoms with van der Waals surface area (Å²) < 4.78 is 33.7. The Morgan fingerprint density at radius 1 is 0.561 bits per heavy atom. The standard InChI is InChI=1S/C22H45N2O3P.C13H28O2.C9H18ClN2OP/c1-8-10-11-12-13-16-25-18-22(7,9-2)19-27-28(26-17-14-15-23)24(20(3)4)21(5)6;1-4-6-7-8-9-10-15-12-13(3,5-2)11-14;1-8(2)12(9(3)4)14(10)13-7-5-6-11/h20-21H,8-14,16-19H2,1-7H3;14H,4-12H2,1-3H3;8-9H,5,7H2,1-4H3. The van der Waals surface area contributed by atoms with Crippen molar-refractivity contribution in [2.24, 2.45) is 10.8 Å². The van der Waals surface area contributed by atoms with E-state index < -0.39 is 16.2 Å². The third-order valence-corrected chi connectivity index (χ3v) is 14.2. The molecule has 0 rings (SSSR count). The Morgan fingerprint density at radius 3 is 1.33 bits per heavy atom. The van der Waals surface area contributed by atoms with E-state index in [9.17, 15) is 5.11 Å². The van der Waals surface area contributed by atoms with Gasteiger partial charge in [0.2, 0.25) is 7.65 Å². The zero-order chi connectivity index (χ0) is 44.1. The molecule has 13 heteroatoms. The molecule has 10 nitrogen and oxygen atoms in total. The van der Waals surface area contributed by atoms with Crippen LogP contribution in [-0.4, -0.2) is 91.5 Å². The minimum absolute atomic E-state index is 0.0256. The van der Waals surface area contributed by atoms with E-state index in [4.69, 9.17) is 44.8 Å². The van der Waals surface area contributed by atoms with Gasteiger partial charge in [-0.15, -0.1) is 0 Å². The molecule has 0 amide bonds. The van der Waals surface area contributed by atoms with Crippen molar-refractivity contribution in [1.29, 1.82) is 10.5 Å².